The van der Waals surface area contributed by atoms with Crippen molar-refractivity contribution in [3.05, 3.63) is 47.6 Å². The second-order valence-electron chi connectivity index (χ2n) is 15.2. The molecule has 3 heteroatoms. The predicted octanol–water partition coefficient (Wildman–Crippen LogP) is 11.4. The van der Waals surface area contributed by atoms with Crippen molar-refractivity contribution >= 4 is 5.97 Å². The first-order chi connectivity index (χ1) is 20.5. The Morgan fingerprint density at radius 2 is 1.63 bits per heavy atom. The number of carbonyl (C=O) groups is 1. The number of esters is 1. The number of ether oxygens (including phenoxy) is 1. The first kappa shape index (κ1) is 35.9. The molecule has 0 radical (unpaired) electrons. The number of allylic oxidation sites excluding steroid dienone is 6. The summed E-state index contributed by atoms with van der Waals surface area (Å²) >= 11 is 0. The second kappa shape index (κ2) is 17.2. The number of rotatable bonds is 16. The molecule has 3 aliphatic carbocycles. The molecule has 0 bridgehead atoms. The Balaban J connectivity index is 1.54. The van der Waals surface area contributed by atoms with E-state index in [-0.39, 0.29) is 5.97 Å². The minimum atomic E-state index is -1.41. The summed E-state index contributed by atoms with van der Waals surface area (Å²) < 4.78 is 5.71. The van der Waals surface area contributed by atoms with Crippen LogP contribution < -0.4 is 0 Å². The molecule has 6 atom stereocenters. The van der Waals surface area contributed by atoms with Gasteiger partial charge in [-0.15, -0.1) is 0 Å². The fraction of sp³-hybridized carbons (Fsp3) is 0.775. The third-order valence-corrected chi connectivity index (χ3v) is 11.5. The predicted molar refractivity (Wildman–Crippen MR) is 183 cm³/mol. The summed E-state index contributed by atoms with van der Waals surface area (Å²) in [6.07, 6.45) is 28.6. The lowest BCUT2D eigenvalue weighted by molar-refractivity contribution is -0.213. The fourth-order valence-electron chi connectivity index (χ4n) is 8.18. The minimum Gasteiger partial charge on any atom is -0.433 e. The van der Waals surface area contributed by atoms with Crippen LogP contribution in [0.2, 0.25) is 0 Å². The van der Waals surface area contributed by atoms with Crippen LogP contribution in [0.15, 0.2) is 47.6 Å². The van der Waals surface area contributed by atoms with Crippen molar-refractivity contribution < 1.29 is 14.6 Å². The largest absolute Gasteiger partial charge is 0.433 e. The van der Waals surface area contributed by atoms with Gasteiger partial charge in [-0.2, -0.15) is 0 Å². The van der Waals surface area contributed by atoms with Gasteiger partial charge in [-0.1, -0.05) is 135 Å². The van der Waals surface area contributed by atoms with Gasteiger partial charge < -0.3 is 9.84 Å². The zero-order valence-corrected chi connectivity index (χ0v) is 28.9. The number of fused-ring (bicyclic) bond motifs is 1. The van der Waals surface area contributed by atoms with E-state index in [2.05, 4.69) is 72.4 Å². The smallest absolute Gasteiger partial charge is 0.308 e. The number of hydrogen-bond acceptors (Lipinski definition) is 3. The summed E-state index contributed by atoms with van der Waals surface area (Å²) in [7, 11) is 0. The molecule has 3 fully saturated rings. The van der Waals surface area contributed by atoms with Gasteiger partial charge in [0, 0.05) is 19.3 Å². The molecule has 3 rings (SSSR count). The summed E-state index contributed by atoms with van der Waals surface area (Å²) in [4.78, 5) is 12.6. The molecule has 3 nitrogen and oxygen atoms in total. The third kappa shape index (κ3) is 10.5. The summed E-state index contributed by atoms with van der Waals surface area (Å²) in [5, 5.41) is 11.3. The van der Waals surface area contributed by atoms with Gasteiger partial charge in [0.05, 0.1) is 0 Å². The van der Waals surface area contributed by atoms with E-state index in [4.69, 9.17) is 4.74 Å². The Kier molecular flexibility index (Phi) is 14.3. The van der Waals surface area contributed by atoms with Crippen LogP contribution in [0.1, 0.15) is 157 Å². The number of aliphatic hydroxyl groups is 1. The lowest BCUT2D eigenvalue weighted by atomic mass is 9.61. The van der Waals surface area contributed by atoms with Gasteiger partial charge in [-0.25, -0.2) is 0 Å². The zero-order chi connectivity index (χ0) is 31.5. The van der Waals surface area contributed by atoms with Gasteiger partial charge in [0.25, 0.3) is 0 Å². The Hall–Kier alpha value is -1.61. The molecular formula is C40H66O3. The quantitative estimate of drug-likeness (QED) is 0.0836. The molecule has 0 aromatic carbocycles. The van der Waals surface area contributed by atoms with Crippen LogP contribution in [-0.4, -0.2) is 16.9 Å². The van der Waals surface area contributed by atoms with Crippen LogP contribution in [0.4, 0.5) is 0 Å². The molecule has 3 saturated carbocycles. The van der Waals surface area contributed by atoms with E-state index in [0.717, 1.165) is 36.3 Å². The highest BCUT2D eigenvalue weighted by Crippen LogP contribution is 2.59. The highest BCUT2D eigenvalue weighted by atomic mass is 16.7. The van der Waals surface area contributed by atoms with E-state index >= 15 is 0 Å². The minimum absolute atomic E-state index is 0.262. The molecule has 0 saturated heterocycles. The molecule has 0 aromatic rings. The molecule has 3 aliphatic rings. The van der Waals surface area contributed by atoms with Crippen molar-refractivity contribution in [3.8, 4) is 0 Å². The lowest BCUT2D eigenvalue weighted by Gasteiger charge is -2.44. The molecule has 0 amide bonds. The van der Waals surface area contributed by atoms with Gasteiger partial charge in [-0.3, -0.25) is 4.79 Å². The average molecular weight is 595 g/mol. The maximum absolute atomic E-state index is 12.6. The molecule has 0 unspecified atom stereocenters. The number of hydrogen-bond donors (Lipinski definition) is 1. The van der Waals surface area contributed by atoms with Crippen molar-refractivity contribution in [2.75, 3.05) is 0 Å². The third-order valence-electron chi connectivity index (χ3n) is 11.5. The van der Waals surface area contributed by atoms with E-state index in [1.807, 2.05) is 0 Å². The maximum atomic E-state index is 12.6. The molecule has 0 heterocycles. The van der Waals surface area contributed by atoms with E-state index in [9.17, 15) is 9.90 Å². The van der Waals surface area contributed by atoms with Crippen LogP contribution in [0.3, 0.4) is 0 Å². The van der Waals surface area contributed by atoms with Gasteiger partial charge >= 0.3 is 5.97 Å². The van der Waals surface area contributed by atoms with Crippen LogP contribution >= 0.6 is 0 Å². The SMILES string of the molecule is C=C1CC[C@](O)(OC(=O)CCCCCCCCCCC)C/C1=C/C=C1\CCC[C@]2(C)[C@@H]([C@H](C)/C=C/[C@H](C)C(C)C)CC[C@@H]12. The normalized spacial score (nSPS) is 31.2. The Morgan fingerprint density at radius 1 is 0.953 bits per heavy atom. The number of unbranched alkanes of at least 4 members (excludes halogenated alkanes) is 8. The average Bonchev–Trinajstić information content (AvgIpc) is 3.32. The van der Waals surface area contributed by atoms with Crippen LogP contribution in [-0.2, 0) is 9.53 Å². The molecule has 244 valence electrons. The lowest BCUT2D eigenvalue weighted by Crippen LogP contribution is -2.38. The molecular weight excluding hydrogens is 528 g/mol. The highest BCUT2D eigenvalue weighted by molar-refractivity contribution is 5.69. The molecule has 0 aliphatic heterocycles. The number of carbonyl (C=O) groups excluding carboxylic acids is 1. The fourth-order valence-corrected chi connectivity index (χ4v) is 8.18. The van der Waals surface area contributed by atoms with Crippen molar-refractivity contribution in [1.29, 1.82) is 0 Å². The van der Waals surface area contributed by atoms with Gasteiger partial charge in [0.1, 0.15) is 0 Å². The van der Waals surface area contributed by atoms with Gasteiger partial charge in [0.2, 0.25) is 5.79 Å². The van der Waals surface area contributed by atoms with E-state index in [1.165, 1.54) is 70.6 Å². The monoisotopic (exact) mass is 595 g/mol. The van der Waals surface area contributed by atoms with Crippen LogP contribution in [0.25, 0.3) is 0 Å². The maximum Gasteiger partial charge on any atom is 0.308 e. The van der Waals surface area contributed by atoms with E-state index in [0.29, 0.717) is 54.8 Å². The summed E-state index contributed by atoms with van der Waals surface area (Å²) in [5.41, 5.74) is 4.03. The van der Waals surface area contributed by atoms with Crippen molar-refractivity contribution in [2.24, 2.45) is 35.0 Å². The standard InChI is InChI=1S/C40H66O3/c1-8-9-10-11-12-13-14-15-16-19-38(41)43-40(42)28-26-32(5)35(29-40)23-22-34-18-17-27-39(7)36(24-25-37(34)39)33(6)21-20-31(4)30(2)3/h20-23,30-31,33,36-37,42H,5,8-19,24-29H2,1-4,6-7H3/b21-20+,34-22+,35-23-/t31-,33+,36+,37-,39+,40-/m0/s1. The van der Waals surface area contributed by atoms with Gasteiger partial charge in [0.15, 0.2) is 0 Å². The van der Waals surface area contributed by atoms with E-state index < -0.39 is 5.79 Å². The van der Waals surface area contributed by atoms with Crippen LogP contribution in [0.5, 0.6) is 0 Å². The zero-order valence-electron chi connectivity index (χ0n) is 28.9. The molecule has 0 aromatic heterocycles. The van der Waals surface area contributed by atoms with E-state index in [1.54, 1.807) is 5.57 Å². The summed E-state index contributed by atoms with van der Waals surface area (Å²) in [5.74, 6) is 1.60. The second-order valence-corrected chi connectivity index (χ2v) is 15.2. The molecule has 43 heavy (non-hydrogen) atoms. The molecule has 1 N–H and O–H groups in total. The van der Waals surface area contributed by atoms with Crippen molar-refractivity contribution in [2.45, 2.75) is 163 Å². The van der Waals surface area contributed by atoms with Crippen molar-refractivity contribution in [3.63, 3.8) is 0 Å². The Bertz CT molecular complexity index is 986. The van der Waals surface area contributed by atoms with Gasteiger partial charge in [-0.05, 0) is 85.5 Å². The summed E-state index contributed by atoms with van der Waals surface area (Å²) in [6.45, 7) is 18.5. The van der Waals surface area contributed by atoms with Crippen LogP contribution in [0, 0.1) is 35.0 Å². The Labute approximate surface area is 265 Å². The topological polar surface area (TPSA) is 46.5 Å². The highest BCUT2D eigenvalue weighted by Gasteiger charge is 2.50. The first-order valence-electron chi connectivity index (χ1n) is 18.2. The summed E-state index contributed by atoms with van der Waals surface area (Å²) in [6, 6.07) is 0. The first-order valence-corrected chi connectivity index (χ1v) is 18.2. The van der Waals surface area contributed by atoms with Crippen molar-refractivity contribution in [1.82, 2.24) is 0 Å². The molecule has 0 spiro atoms. The Morgan fingerprint density at radius 3 is 2.30 bits per heavy atom.